The van der Waals surface area contributed by atoms with E-state index < -0.39 is 0 Å². The first-order valence-electron chi connectivity index (χ1n) is 7.68. The van der Waals surface area contributed by atoms with Gasteiger partial charge < -0.3 is 8.83 Å². The lowest BCUT2D eigenvalue weighted by Crippen LogP contribution is -2.02. The van der Waals surface area contributed by atoms with Crippen molar-refractivity contribution in [3.8, 4) is 0 Å². The summed E-state index contributed by atoms with van der Waals surface area (Å²) in [5.74, 6) is 0.197. The van der Waals surface area contributed by atoms with E-state index >= 15 is 0 Å². The maximum absolute atomic E-state index is 5.10. The first-order chi connectivity index (χ1) is 9.92. The highest BCUT2D eigenvalue weighted by molar-refractivity contribution is 5.16. The molecule has 0 aliphatic heterocycles. The normalized spacial score (nSPS) is 11.3. The summed E-state index contributed by atoms with van der Waals surface area (Å²) < 4.78 is 10.2. The number of unbranched alkanes of at least 4 members (excludes halogenated alkanes) is 6. The van der Waals surface area contributed by atoms with Gasteiger partial charge in [0.2, 0.25) is 0 Å². The van der Waals surface area contributed by atoms with Crippen molar-refractivity contribution in [3.63, 3.8) is 0 Å². The van der Waals surface area contributed by atoms with Crippen LogP contribution in [0.4, 0.5) is 0 Å². The predicted octanol–water partition coefficient (Wildman–Crippen LogP) is 4.94. The van der Waals surface area contributed by atoms with Crippen molar-refractivity contribution in [2.45, 2.75) is 64.2 Å². The van der Waals surface area contributed by atoms with Crippen molar-refractivity contribution < 1.29 is 8.83 Å². The summed E-state index contributed by atoms with van der Waals surface area (Å²) in [7, 11) is 0. The molecule has 0 radical (unpaired) electrons. The Morgan fingerprint density at radius 3 is 1.90 bits per heavy atom. The number of nitrogens with zero attached hydrogens (tertiary/aromatic N) is 2. The molecule has 0 saturated carbocycles. The molecule has 2 aromatic rings. The fraction of sp³-hybridized carbons (Fsp3) is 0.625. The Labute approximate surface area is 120 Å². The molecule has 2 rings (SSSR count). The Morgan fingerprint density at radius 1 is 0.850 bits per heavy atom. The van der Waals surface area contributed by atoms with Crippen LogP contribution < -0.4 is 0 Å². The van der Waals surface area contributed by atoms with Gasteiger partial charge in [0, 0.05) is 0 Å². The highest BCUT2D eigenvalue weighted by atomic mass is 16.3. The van der Waals surface area contributed by atoms with E-state index in [9.17, 15) is 0 Å². The van der Waals surface area contributed by atoms with Crippen LogP contribution in [0.25, 0.3) is 0 Å². The minimum Gasteiger partial charge on any atom is -0.451 e. The van der Waals surface area contributed by atoms with Crippen molar-refractivity contribution in [2.75, 3.05) is 0 Å². The molecular formula is C16H24N2O2. The van der Waals surface area contributed by atoms with E-state index in [1.54, 1.807) is 12.5 Å². The van der Waals surface area contributed by atoms with Crippen LogP contribution in [0.5, 0.6) is 0 Å². The molecule has 0 aliphatic carbocycles. The van der Waals surface area contributed by atoms with Gasteiger partial charge in [-0.1, -0.05) is 51.9 Å². The van der Waals surface area contributed by atoms with Gasteiger partial charge in [0.1, 0.15) is 12.5 Å². The van der Waals surface area contributed by atoms with Gasteiger partial charge in [-0.25, -0.2) is 9.97 Å². The lowest BCUT2D eigenvalue weighted by molar-refractivity contribution is 0.536. The molecule has 0 aliphatic rings. The molecule has 0 fully saturated rings. The molecule has 0 spiro atoms. The highest BCUT2D eigenvalue weighted by Gasteiger charge is 2.19. The summed E-state index contributed by atoms with van der Waals surface area (Å²) in [6.07, 6.45) is 16.6. The molecule has 20 heavy (non-hydrogen) atoms. The van der Waals surface area contributed by atoms with E-state index in [1.807, 2.05) is 0 Å². The van der Waals surface area contributed by atoms with Crippen molar-refractivity contribution in [1.29, 1.82) is 0 Å². The average molecular weight is 276 g/mol. The van der Waals surface area contributed by atoms with Gasteiger partial charge >= 0.3 is 0 Å². The van der Waals surface area contributed by atoms with Gasteiger partial charge in [0.25, 0.3) is 0 Å². The van der Waals surface area contributed by atoms with Gasteiger partial charge in [-0.2, -0.15) is 0 Å². The van der Waals surface area contributed by atoms with Crippen LogP contribution in [0.15, 0.2) is 34.1 Å². The van der Waals surface area contributed by atoms with Crippen LogP contribution in [-0.2, 0) is 0 Å². The van der Waals surface area contributed by atoms with Crippen LogP contribution in [0.2, 0.25) is 0 Å². The van der Waals surface area contributed by atoms with Gasteiger partial charge in [-0.15, -0.1) is 0 Å². The number of aromatic nitrogens is 2. The van der Waals surface area contributed by atoms with Crippen molar-refractivity contribution in [1.82, 2.24) is 9.97 Å². The molecular weight excluding hydrogens is 252 g/mol. The lowest BCUT2D eigenvalue weighted by atomic mass is 9.95. The first-order valence-corrected chi connectivity index (χ1v) is 7.68. The van der Waals surface area contributed by atoms with Gasteiger partial charge in [0.05, 0.1) is 17.3 Å². The summed E-state index contributed by atoms with van der Waals surface area (Å²) in [6.45, 7) is 2.25. The van der Waals surface area contributed by atoms with E-state index in [-0.39, 0.29) is 5.92 Å². The molecule has 2 heterocycles. The zero-order valence-corrected chi connectivity index (χ0v) is 12.3. The third kappa shape index (κ3) is 4.51. The van der Waals surface area contributed by atoms with Gasteiger partial charge in [-0.05, 0) is 6.42 Å². The van der Waals surface area contributed by atoms with Crippen LogP contribution in [-0.4, -0.2) is 9.97 Å². The lowest BCUT2D eigenvalue weighted by Gasteiger charge is -2.11. The Hall–Kier alpha value is -1.58. The van der Waals surface area contributed by atoms with E-state index in [1.165, 1.54) is 57.7 Å². The van der Waals surface area contributed by atoms with Gasteiger partial charge in [0.15, 0.2) is 12.8 Å². The van der Waals surface area contributed by atoms with Crippen molar-refractivity contribution >= 4 is 0 Å². The van der Waals surface area contributed by atoms with E-state index in [2.05, 4.69) is 16.9 Å². The highest BCUT2D eigenvalue weighted by Crippen LogP contribution is 2.27. The second-order valence-corrected chi connectivity index (χ2v) is 5.29. The quantitative estimate of drug-likeness (QED) is 0.577. The van der Waals surface area contributed by atoms with Crippen LogP contribution in [0.1, 0.15) is 75.6 Å². The first kappa shape index (κ1) is 14.8. The second-order valence-electron chi connectivity index (χ2n) is 5.29. The Bertz CT molecular complexity index is 403. The van der Waals surface area contributed by atoms with Crippen molar-refractivity contribution in [2.24, 2.45) is 0 Å². The van der Waals surface area contributed by atoms with Crippen LogP contribution in [0, 0.1) is 0 Å². The van der Waals surface area contributed by atoms with Gasteiger partial charge in [-0.3, -0.25) is 0 Å². The largest absolute Gasteiger partial charge is 0.451 e. The Morgan fingerprint density at radius 2 is 1.40 bits per heavy atom. The van der Waals surface area contributed by atoms with Crippen LogP contribution in [0.3, 0.4) is 0 Å². The summed E-state index contributed by atoms with van der Waals surface area (Å²) in [5, 5.41) is 0. The minimum atomic E-state index is 0.197. The maximum atomic E-state index is 5.10. The monoisotopic (exact) mass is 276 g/mol. The summed E-state index contributed by atoms with van der Waals surface area (Å²) in [6, 6.07) is 0. The molecule has 110 valence electrons. The van der Waals surface area contributed by atoms with Crippen LogP contribution >= 0.6 is 0 Å². The number of hydrogen-bond acceptors (Lipinski definition) is 4. The molecule has 0 saturated heterocycles. The van der Waals surface area contributed by atoms with Crippen molar-refractivity contribution in [3.05, 3.63) is 36.7 Å². The number of oxazole rings is 2. The van der Waals surface area contributed by atoms with E-state index in [0.717, 1.165) is 17.8 Å². The molecule has 0 unspecified atom stereocenters. The fourth-order valence-corrected chi connectivity index (χ4v) is 2.54. The molecule has 0 amide bonds. The Balaban J connectivity index is 1.75. The summed E-state index contributed by atoms with van der Waals surface area (Å²) in [5.41, 5.74) is 1.90. The smallest absolute Gasteiger partial charge is 0.180 e. The molecule has 2 aromatic heterocycles. The fourth-order valence-electron chi connectivity index (χ4n) is 2.54. The summed E-state index contributed by atoms with van der Waals surface area (Å²) in [4.78, 5) is 8.53. The maximum Gasteiger partial charge on any atom is 0.180 e. The molecule has 0 atom stereocenters. The third-order valence-electron chi connectivity index (χ3n) is 3.71. The molecule has 0 aromatic carbocycles. The zero-order valence-electron chi connectivity index (χ0n) is 12.3. The molecule has 4 nitrogen and oxygen atoms in total. The topological polar surface area (TPSA) is 52.1 Å². The third-order valence-corrected chi connectivity index (χ3v) is 3.71. The average Bonchev–Trinajstić information content (AvgIpc) is 3.14. The standard InChI is InChI=1S/C16H24N2O2/c1-2-3-4-5-6-7-8-9-14(15-10-19-12-17-15)16-11-20-13-18-16/h10-14H,2-9H2,1H3. The molecule has 0 N–H and O–H groups in total. The summed E-state index contributed by atoms with van der Waals surface area (Å²) >= 11 is 0. The van der Waals surface area contributed by atoms with E-state index in [0.29, 0.717) is 0 Å². The number of hydrogen-bond donors (Lipinski definition) is 0. The van der Waals surface area contributed by atoms with E-state index in [4.69, 9.17) is 8.83 Å². The number of rotatable bonds is 10. The zero-order chi connectivity index (χ0) is 14.0. The SMILES string of the molecule is CCCCCCCCCC(c1cocn1)c1cocn1. The predicted molar refractivity (Wildman–Crippen MR) is 77.5 cm³/mol. The molecule has 0 bridgehead atoms. The Kier molecular flexibility index (Phi) is 6.35. The second kappa shape index (κ2) is 8.56. The minimum absolute atomic E-state index is 0.197. The molecule has 4 heteroatoms.